The highest BCUT2D eigenvalue weighted by molar-refractivity contribution is 5.95. The molecule has 1 aromatic heterocycles. The number of alkyl halides is 3. The summed E-state index contributed by atoms with van der Waals surface area (Å²) in [5.74, 6) is -5.65. The minimum Gasteiger partial charge on any atom is -0.475 e. The highest BCUT2D eigenvalue weighted by Gasteiger charge is 2.44. The number of carboxylic acid groups (broad SMARTS) is 1. The molecule has 3 aromatic rings. The molecule has 0 spiro atoms. The maximum absolute atomic E-state index is 14.1. The van der Waals surface area contributed by atoms with Crippen LogP contribution in [0.3, 0.4) is 0 Å². The summed E-state index contributed by atoms with van der Waals surface area (Å²) in [6.45, 7) is 5.23. The summed E-state index contributed by atoms with van der Waals surface area (Å²) in [5, 5.41) is 23.9. The number of nitrogens with zero attached hydrogens (tertiary/aromatic N) is 4. The average molecular weight is 761 g/mol. The number of carbonyl (C=O) groups excluding carboxylic acids is 5. The lowest BCUT2D eigenvalue weighted by molar-refractivity contribution is -0.192. The van der Waals surface area contributed by atoms with Crippen molar-refractivity contribution < 1.29 is 51.8 Å². The first-order valence-electron chi connectivity index (χ1n) is 16.8. The summed E-state index contributed by atoms with van der Waals surface area (Å²) < 4.78 is 38.6. The molecule has 0 aliphatic carbocycles. The summed E-state index contributed by atoms with van der Waals surface area (Å²) in [4.78, 5) is 75.7. The minimum atomic E-state index is -5.08. The Balaban J connectivity index is 0.00000102. The van der Waals surface area contributed by atoms with Gasteiger partial charge in [0.2, 0.25) is 23.6 Å². The monoisotopic (exact) mass is 760 g/mol. The Kier molecular flexibility index (Phi) is 15.2. The Morgan fingerprint density at radius 2 is 1.57 bits per heavy atom. The SMILES string of the molecule is CN[C@@H](C)C(=O)N[C@H](C(=O)N1C[C@@H](n2cc(COC(=O)c3ccccc3)nn2)C[C@H]1C(=O)N[C@@H](Cc1ccccc1)C(N)=O)C(C)C.O=C(O)C(F)(F)F. The molecular formula is C35H43F3N8O8. The van der Waals surface area contributed by atoms with Crippen molar-refractivity contribution in [2.75, 3.05) is 13.6 Å². The second kappa shape index (κ2) is 19.3. The predicted octanol–water partition coefficient (Wildman–Crippen LogP) is 1.37. The molecule has 6 N–H and O–H groups in total. The van der Waals surface area contributed by atoms with E-state index in [1.54, 1.807) is 64.3 Å². The van der Waals surface area contributed by atoms with Crippen LogP contribution >= 0.6 is 0 Å². The van der Waals surface area contributed by atoms with Gasteiger partial charge in [-0.2, -0.15) is 13.2 Å². The molecular weight excluding hydrogens is 717 g/mol. The number of ether oxygens (including phenoxy) is 1. The molecule has 292 valence electrons. The molecule has 1 aliphatic rings. The molecule has 19 heteroatoms. The molecule has 2 heterocycles. The third kappa shape index (κ3) is 12.1. The van der Waals surface area contributed by atoms with E-state index in [2.05, 4.69) is 26.3 Å². The van der Waals surface area contributed by atoms with Crippen molar-refractivity contribution in [1.82, 2.24) is 35.8 Å². The van der Waals surface area contributed by atoms with Crippen molar-refractivity contribution in [1.29, 1.82) is 0 Å². The van der Waals surface area contributed by atoms with E-state index in [0.29, 0.717) is 11.3 Å². The van der Waals surface area contributed by atoms with Gasteiger partial charge in [0.15, 0.2) is 0 Å². The largest absolute Gasteiger partial charge is 0.490 e. The number of aromatic nitrogens is 3. The number of carboxylic acids is 1. The number of likely N-dealkylation sites (N-methyl/N-ethyl adjacent to an activating group) is 1. The van der Waals surface area contributed by atoms with Crippen LogP contribution in [0, 0.1) is 5.92 Å². The van der Waals surface area contributed by atoms with Gasteiger partial charge in [-0.15, -0.1) is 5.10 Å². The van der Waals surface area contributed by atoms with E-state index in [1.165, 1.54) is 9.58 Å². The first-order chi connectivity index (χ1) is 25.4. The van der Waals surface area contributed by atoms with Crippen LogP contribution in [0.5, 0.6) is 0 Å². The van der Waals surface area contributed by atoms with Gasteiger partial charge < -0.3 is 36.4 Å². The van der Waals surface area contributed by atoms with Crippen molar-refractivity contribution in [3.05, 3.63) is 83.7 Å². The number of hydrogen-bond acceptors (Lipinski definition) is 10. The summed E-state index contributed by atoms with van der Waals surface area (Å²) in [6.07, 6.45) is -3.16. The summed E-state index contributed by atoms with van der Waals surface area (Å²) >= 11 is 0. The first kappa shape index (κ1) is 42.6. The fraction of sp³-hybridized carbons (Fsp3) is 0.429. The van der Waals surface area contributed by atoms with Crippen LogP contribution in [0.15, 0.2) is 66.9 Å². The van der Waals surface area contributed by atoms with Crippen LogP contribution in [-0.4, -0.2) is 105 Å². The van der Waals surface area contributed by atoms with E-state index in [-0.39, 0.29) is 37.8 Å². The Morgan fingerprint density at radius 3 is 2.11 bits per heavy atom. The Morgan fingerprint density at radius 1 is 0.981 bits per heavy atom. The van der Waals surface area contributed by atoms with Crippen molar-refractivity contribution >= 4 is 35.6 Å². The van der Waals surface area contributed by atoms with E-state index < -0.39 is 66.0 Å². The maximum Gasteiger partial charge on any atom is 0.490 e. The third-order valence-electron chi connectivity index (χ3n) is 8.40. The van der Waals surface area contributed by atoms with E-state index in [1.807, 2.05) is 30.3 Å². The van der Waals surface area contributed by atoms with Crippen LogP contribution in [0.1, 0.15) is 54.8 Å². The number of aliphatic carboxylic acids is 1. The van der Waals surface area contributed by atoms with Crippen LogP contribution in [-0.2, 0) is 41.7 Å². The molecule has 5 atom stereocenters. The highest BCUT2D eigenvalue weighted by atomic mass is 19.4. The van der Waals surface area contributed by atoms with Gasteiger partial charge in [0.05, 0.1) is 23.8 Å². The number of amides is 4. The summed E-state index contributed by atoms with van der Waals surface area (Å²) in [6, 6.07) is 13.7. The van der Waals surface area contributed by atoms with Gasteiger partial charge in [-0.05, 0) is 37.6 Å². The van der Waals surface area contributed by atoms with Gasteiger partial charge >= 0.3 is 18.1 Å². The van der Waals surface area contributed by atoms with Gasteiger partial charge in [-0.1, -0.05) is 67.6 Å². The van der Waals surface area contributed by atoms with Crippen molar-refractivity contribution in [2.45, 2.75) is 76.6 Å². The number of nitrogens with one attached hydrogen (secondary N) is 3. The first-order valence-corrected chi connectivity index (χ1v) is 16.8. The van der Waals surface area contributed by atoms with Gasteiger partial charge in [0.25, 0.3) is 0 Å². The minimum absolute atomic E-state index is 0.0735. The molecule has 54 heavy (non-hydrogen) atoms. The zero-order chi connectivity index (χ0) is 40.2. The molecule has 1 fully saturated rings. The molecule has 1 saturated heterocycles. The molecule has 0 unspecified atom stereocenters. The standard InChI is InChI=1S/C33H42N8O6.C2HF3O2/c1-20(2)28(37-30(43)21(3)35-4)32(45)40-18-25(41-17-24(38-39-41)19-47-33(46)23-13-9-6-10-14-23)16-27(40)31(44)36-26(29(34)42)15-22-11-7-5-8-12-22;3-2(4,5)1(6)7/h5-14,17,20-21,25-28,35H,15-16,18-19H2,1-4H3,(H2,34,42)(H,36,44)(H,37,43);(H,6,7)/t21-,25-,26-,27-,28-;/m0./s1. The van der Waals surface area contributed by atoms with Crippen LogP contribution in [0.25, 0.3) is 0 Å². The smallest absolute Gasteiger partial charge is 0.475 e. The van der Waals surface area contributed by atoms with E-state index in [0.717, 1.165) is 5.56 Å². The van der Waals surface area contributed by atoms with E-state index in [4.69, 9.17) is 20.4 Å². The van der Waals surface area contributed by atoms with Gasteiger partial charge in [0.1, 0.15) is 30.4 Å². The molecule has 0 saturated carbocycles. The van der Waals surface area contributed by atoms with Crippen LogP contribution < -0.4 is 21.7 Å². The normalized spacial score (nSPS) is 17.0. The third-order valence-corrected chi connectivity index (χ3v) is 8.40. The van der Waals surface area contributed by atoms with Gasteiger partial charge in [-0.25, -0.2) is 14.3 Å². The van der Waals surface area contributed by atoms with E-state index >= 15 is 0 Å². The molecule has 1 aliphatic heterocycles. The lowest BCUT2D eigenvalue weighted by atomic mass is 10.0. The van der Waals surface area contributed by atoms with Crippen molar-refractivity contribution in [3.63, 3.8) is 0 Å². The number of hydrogen-bond donors (Lipinski definition) is 5. The Bertz CT molecular complexity index is 1760. The van der Waals surface area contributed by atoms with Crippen molar-refractivity contribution in [2.24, 2.45) is 11.7 Å². The maximum atomic E-state index is 14.1. The quantitative estimate of drug-likeness (QED) is 0.148. The number of rotatable bonds is 14. The number of carbonyl (C=O) groups is 6. The van der Waals surface area contributed by atoms with Crippen LogP contribution in [0.4, 0.5) is 13.2 Å². The average Bonchev–Trinajstić information content (AvgIpc) is 3.80. The summed E-state index contributed by atoms with van der Waals surface area (Å²) in [5.41, 5.74) is 7.26. The fourth-order valence-corrected chi connectivity index (χ4v) is 5.29. The lowest BCUT2D eigenvalue weighted by Crippen LogP contribution is -2.58. The van der Waals surface area contributed by atoms with E-state index in [9.17, 15) is 37.1 Å². The number of halogens is 3. The molecule has 4 rings (SSSR count). The van der Waals surface area contributed by atoms with Gasteiger partial charge in [-0.3, -0.25) is 19.2 Å². The molecule has 0 radical (unpaired) electrons. The molecule has 4 amide bonds. The second-order valence-corrected chi connectivity index (χ2v) is 12.7. The number of benzene rings is 2. The second-order valence-electron chi connectivity index (χ2n) is 12.7. The zero-order valence-electron chi connectivity index (χ0n) is 29.9. The zero-order valence-corrected chi connectivity index (χ0v) is 29.9. The number of nitrogens with two attached hydrogens (primary N) is 1. The fourth-order valence-electron chi connectivity index (χ4n) is 5.29. The predicted molar refractivity (Wildman–Crippen MR) is 185 cm³/mol. The number of primary amides is 1. The lowest BCUT2D eigenvalue weighted by Gasteiger charge is -2.31. The highest BCUT2D eigenvalue weighted by Crippen LogP contribution is 2.29. The van der Waals surface area contributed by atoms with Crippen molar-refractivity contribution in [3.8, 4) is 0 Å². The number of likely N-dealkylation sites (tertiary alicyclic amines) is 1. The Labute approximate surface area is 308 Å². The number of esters is 1. The molecule has 0 bridgehead atoms. The Hall–Kier alpha value is -5.85. The van der Waals surface area contributed by atoms with Crippen LogP contribution in [0.2, 0.25) is 0 Å². The van der Waals surface area contributed by atoms with Gasteiger partial charge in [0, 0.05) is 19.4 Å². The summed E-state index contributed by atoms with van der Waals surface area (Å²) in [7, 11) is 1.64. The molecule has 16 nitrogen and oxygen atoms in total. The molecule has 2 aromatic carbocycles. The topological polar surface area (TPSA) is 228 Å².